The molecule has 2 aromatic carbocycles. The fourth-order valence-corrected chi connectivity index (χ4v) is 8.40. The van der Waals surface area contributed by atoms with Crippen molar-refractivity contribution in [2.45, 2.75) is 42.0 Å². The summed E-state index contributed by atoms with van der Waals surface area (Å²) in [5.74, 6) is -1.81. The third kappa shape index (κ3) is 4.23. The molecule has 190 valence electrons. The number of hydrogen-bond donors (Lipinski definition) is 0. The molecule has 0 bridgehead atoms. The Balaban J connectivity index is 1.42. The average molecular weight is 554 g/mol. The lowest BCUT2D eigenvalue weighted by molar-refractivity contribution is -0.133. The molecule has 2 fully saturated rings. The van der Waals surface area contributed by atoms with Crippen molar-refractivity contribution in [1.82, 2.24) is 9.47 Å². The number of rotatable bonds is 4. The van der Waals surface area contributed by atoms with Crippen molar-refractivity contribution < 1.29 is 14.4 Å². The van der Waals surface area contributed by atoms with Crippen LogP contribution >= 0.6 is 34.7 Å². The van der Waals surface area contributed by atoms with Crippen LogP contribution in [-0.4, -0.2) is 45.5 Å². The third-order valence-corrected chi connectivity index (χ3v) is 10.2. The van der Waals surface area contributed by atoms with Crippen LogP contribution in [0.4, 0.5) is 5.69 Å². The maximum atomic E-state index is 13.8. The molecule has 6 rings (SSSR count). The lowest BCUT2D eigenvalue weighted by Gasteiger charge is -2.31. The number of thioether (sulfide) groups is 1. The van der Waals surface area contributed by atoms with Crippen LogP contribution in [-0.2, 0) is 20.9 Å². The Bertz CT molecular complexity index is 1430. The highest BCUT2D eigenvalue weighted by atomic mass is 35.5. The SMILES string of the molecule is O=C(Cn1c2c(sc1=O)C(c1ccccc1)C1C(=O)N(c3ccc(Cl)cc3)C(=O)C1S2)N1CCCCC1. The van der Waals surface area contributed by atoms with Crippen LogP contribution in [0.2, 0.25) is 5.02 Å². The monoisotopic (exact) mass is 553 g/mol. The molecule has 0 N–H and O–H groups in total. The first-order valence-electron chi connectivity index (χ1n) is 12.3. The zero-order valence-corrected chi connectivity index (χ0v) is 22.2. The van der Waals surface area contributed by atoms with Crippen molar-refractivity contribution in [3.05, 3.63) is 79.7 Å². The molecule has 3 aliphatic rings. The number of fused-ring (bicyclic) bond motifs is 2. The summed E-state index contributed by atoms with van der Waals surface area (Å²) < 4.78 is 1.51. The van der Waals surface area contributed by atoms with E-state index in [4.69, 9.17) is 11.6 Å². The Kier molecular flexibility index (Phi) is 6.46. The van der Waals surface area contributed by atoms with Gasteiger partial charge < -0.3 is 4.90 Å². The van der Waals surface area contributed by atoms with Crippen LogP contribution in [0, 0.1) is 5.92 Å². The summed E-state index contributed by atoms with van der Waals surface area (Å²) in [6, 6.07) is 16.2. The first kappa shape index (κ1) is 24.5. The normalized spacial score (nSPS) is 23.2. The zero-order chi connectivity index (χ0) is 25.7. The summed E-state index contributed by atoms with van der Waals surface area (Å²) in [4.78, 5) is 57.4. The third-order valence-electron chi connectivity index (χ3n) is 7.29. The van der Waals surface area contributed by atoms with Gasteiger partial charge in [0.25, 0.3) is 0 Å². The van der Waals surface area contributed by atoms with Crippen LogP contribution in [0.1, 0.15) is 35.6 Å². The van der Waals surface area contributed by atoms with Gasteiger partial charge in [0, 0.05) is 28.9 Å². The first-order chi connectivity index (χ1) is 17.9. The fraction of sp³-hybridized carbons (Fsp3) is 0.333. The number of hydrogen-bond acceptors (Lipinski definition) is 6. The molecule has 7 nitrogen and oxygen atoms in total. The number of nitrogens with zero attached hydrogens (tertiary/aromatic N) is 3. The molecule has 3 unspecified atom stereocenters. The van der Waals surface area contributed by atoms with Crippen molar-refractivity contribution in [3.63, 3.8) is 0 Å². The van der Waals surface area contributed by atoms with Gasteiger partial charge in [-0.05, 0) is 49.1 Å². The molecule has 1 aromatic heterocycles. The van der Waals surface area contributed by atoms with Crippen molar-refractivity contribution in [3.8, 4) is 0 Å². The highest BCUT2D eigenvalue weighted by molar-refractivity contribution is 8.00. The molecular formula is C27H24ClN3O4S2. The number of carbonyl (C=O) groups is 3. The van der Waals surface area contributed by atoms with Gasteiger partial charge >= 0.3 is 4.87 Å². The van der Waals surface area contributed by atoms with Crippen molar-refractivity contribution in [2.75, 3.05) is 18.0 Å². The summed E-state index contributed by atoms with van der Waals surface area (Å²) >= 11 is 8.35. The predicted octanol–water partition coefficient (Wildman–Crippen LogP) is 4.37. The Morgan fingerprint density at radius 1 is 0.919 bits per heavy atom. The Labute approximate surface area is 227 Å². The summed E-state index contributed by atoms with van der Waals surface area (Å²) in [6.45, 7) is 1.35. The number of benzene rings is 2. The van der Waals surface area contributed by atoms with E-state index in [1.54, 1.807) is 24.3 Å². The number of likely N-dealkylation sites (tertiary alicyclic amines) is 1. The number of thiazole rings is 1. The molecule has 4 heterocycles. The quantitative estimate of drug-likeness (QED) is 0.448. The van der Waals surface area contributed by atoms with Gasteiger partial charge in [-0.25, -0.2) is 4.90 Å². The van der Waals surface area contributed by atoms with Crippen molar-refractivity contribution in [2.24, 2.45) is 5.92 Å². The molecule has 10 heteroatoms. The van der Waals surface area contributed by atoms with Gasteiger partial charge in [-0.3, -0.25) is 23.7 Å². The molecular weight excluding hydrogens is 530 g/mol. The number of anilines is 1. The Morgan fingerprint density at radius 3 is 2.32 bits per heavy atom. The smallest absolute Gasteiger partial charge is 0.308 e. The van der Waals surface area contributed by atoms with E-state index in [9.17, 15) is 19.2 Å². The zero-order valence-electron chi connectivity index (χ0n) is 19.8. The minimum absolute atomic E-state index is 0.0560. The maximum absolute atomic E-state index is 13.8. The molecule has 0 aliphatic carbocycles. The van der Waals surface area contributed by atoms with Crippen LogP contribution in [0.25, 0.3) is 0 Å². The van der Waals surface area contributed by atoms with Crippen LogP contribution in [0.5, 0.6) is 0 Å². The number of aromatic nitrogens is 1. The lowest BCUT2D eigenvalue weighted by atomic mass is 9.83. The minimum Gasteiger partial charge on any atom is -0.341 e. The van der Waals surface area contributed by atoms with E-state index in [1.165, 1.54) is 21.2 Å². The predicted molar refractivity (Wildman–Crippen MR) is 144 cm³/mol. The first-order valence-corrected chi connectivity index (χ1v) is 14.4. The molecule has 3 amide bonds. The van der Waals surface area contributed by atoms with E-state index in [0.717, 1.165) is 41.0 Å². The van der Waals surface area contributed by atoms with E-state index in [2.05, 4.69) is 0 Å². The Hall–Kier alpha value is -2.88. The molecule has 3 atom stereocenters. The molecule has 3 aliphatic heterocycles. The van der Waals surface area contributed by atoms with E-state index < -0.39 is 17.1 Å². The van der Waals surface area contributed by atoms with Gasteiger partial charge in [-0.15, -0.1) is 0 Å². The maximum Gasteiger partial charge on any atom is 0.308 e. The summed E-state index contributed by atoms with van der Waals surface area (Å²) in [5, 5.41) is 0.433. The number of piperidine rings is 1. The minimum atomic E-state index is -0.703. The van der Waals surface area contributed by atoms with Crippen LogP contribution < -0.4 is 9.77 Å². The van der Waals surface area contributed by atoms with Crippen LogP contribution in [0.3, 0.4) is 0 Å². The second-order valence-corrected chi connectivity index (χ2v) is 12.1. The average Bonchev–Trinajstić information content (AvgIpc) is 3.36. The number of carbonyl (C=O) groups excluding carboxylic acids is 3. The molecule has 0 radical (unpaired) electrons. The largest absolute Gasteiger partial charge is 0.341 e. The molecule has 3 aromatic rings. The van der Waals surface area contributed by atoms with Crippen molar-refractivity contribution >= 4 is 58.1 Å². The second-order valence-electron chi connectivity index (χ2n) is 9.51. The number of halogens is 1. The molecule has 0 saturated carbocycles. The fourth-order valence-electron chi connectivity index (χ4n) is 5.50. The molecule has 2 saturated heterocycles. The van der Waals surface area contributed by atoms with Gasteiger partial charge in [0.2, 0.25) is 17.7 Å². The van der Waals surface area contributed by atoms with E-state index >= 15 is 0 Å². The van der Waals surface area contributed by atoms with Gasteiger partial charge in [0.1, 0.15) is 11.8 Å². The van der Waals surface area contributed by atoms with Gasteiger partial charge in [0.15, 0.2) is 0 Å². The number of amides is 3. The molecule has 0 spiro atoms. The number of imide groups is 1. The molecule has 37 heavy (non-hydrogen) atoms. The van der Waals surface area contributed by atoms with E-state index in [-0.39, 0.29) is 29.1 Å². The topological polar surface area (TPSA) is 79.7 Å². The lowest BCUT2D eigenvalue weighted by Crippen LogP contribution is -2.39. The van der Waals surface area contributed by atoms with E-state index in [1.807, 2.05) is 35.2 Å². The van der Waals surface area contributed by atoms with Gasteiger partial charge in [-0.1, -0.05) is 65.0 Å². The Morgan fingerprint density at radius 2 is 1.62 bits per heavy atom. The van der Waals surface area contributed by atoms with Crippen molar-refractivity contribution in [1.29, 1.82) is 0 Å². The summed E-state index contributed by atoms with van der Waals surface area (Å²) in [5.41, 5.74) is 1.34. The highest BCUT2D eigenvalue weighted by Gasteiger charge is 2.56. The highest BCUT2D eigenvalue weighted by Crippen LogP contribution is 2.53. The standard InChI is InChI=1S/C27H24ClN3O4S2/c28-17-9-11-18(12-10-17)31-24(33)21-20(16-7-3-1-4-8-16)23-26(36-22(21)25(31)34)30(27(35)37-23)15-19(32)29-13-5-2-6-14-29/h1,3-4,7-12,20-22H,2,5-6,13-15H2. The van der Waals surface area contributed by atoms with Crippen LogP contribution in [0.15, 0.2) is 64.4 Å². The summed E-state index contributed by atoms with van der Waals surface area (Å²) in [6.07, 6.45) is 3.04. The van der Waals surface area contributed by atoms with Gasteiger partial charge in [-0.2, -0.15) is 0 Å². The van der Waals surface area contributed by atoms with Gasteiger partial charge in [0.05, 0.1) is 16.6 Å². The second kappa shape index (κ2) is 9.78. The summed E-state index contributed by atoms with van der Waals surface area (Å²) in [7, 11) is 0. The van der Waals surface area contributed by atoms with E-state index in [0.29, 0.717) is 28.8 Å².